The topological polar surface area (TPSA) is 27.7 Å². The van der Waals surface area contributed by atoms with Crippen molar-refractivity contribution in [2.75, 3.05) is 21.3 Å². The van der Waals surface area contributed by atoms with Crippen LogP contribution in [0.15, 0.2) is 28.1 Å². The Morgan fingerprint density at radius 1 is 1.00 bits per heavy atom. The molecule has 0 saturated carbocycles. The molecule has 0 bridgehead atoms. The third-order valence-corrected chi connectivity index (χ3v) is 5.72. The lowest BCUT2D eigenvalue weighted by molar-refractivity contribution is 0.396. The molecule has 0 fully saturated rings. The fraction of sp³-hybridized carbons (Fsp3) is 0.286. The molecule has 1 heterocycles. The molecule has 3 nitrogen and oxygen atoms in total. The van der Waals surface area contributed by atoms with E-state index in [1.807, 2.05) is 23.6 Å². The summed E-state index contributed by atoms with van der Waals surface area (Å²) >= 11 is 8.82. The van der Waals surface area contributed by atoms with Crippen molar-refractivity contribution in [2.24, 2.45) is 0 Å². The van der Waals surface area contributed by atoms with Crippen molar-refractivity contribution >= 4 is 43.2 Å². The van der Waals surface area contributed by atoms with E-state index in [1.54, 1.807) is 32.7 Å². The van der Waals surface area contributed by atoms with E-state index in [1.165, 1.54) is 0 Å². The minimum Gasteiger partial charge on any atom is -0.496 e. The Balaban J connectivity index is 2.50. The van der Waals surface area contributed by atoms with Crippen molar-refractivity contribution in [3.8, 4) is 17.2 Å². The molecule has 0 radical (unpaired) electrons. The average Bonchev–Trinajstić information content (AvgIpc) is 2.94. The Kier molecular flexibility index (Phi) is 5.35. The van der Waals surface area contributed by atoms with Crippen molar-refractivity contribution in [3.05, 3.63) is 38.5 Å². The van der Waals surface area contributed by atoms with Crippen LogP contribution in [-0.4, -0.2) is 21.3 Å². The summed E-state index contributed by atoms with van der Waals surface area (Å²) in [5, 5.41) is 2.00. The predicted molar refractivity (Wildman–Crippen MR) is 88.9 cm³/mol. The van der Waals surface area contributed by atoms with Crippen LogP contribution >= 0.6 is 43.2 Å². The highest BCUT2D eigenvalue weighted by atomic mass is 79.9. The van der Waals surface area contributed by atoms with Gasteiger partial charge in [-0.15, -0.1) is 11.3 Å². The zero-order valence-electron chi connectivity index (χ0n) is 11.3. The van der Waals surface area contributed by atoms with Gasteiger partial charge >= 0.3 is 0 Å². The number of benzene rings is 1. The fourth-order valence-corrected chi connectivity index (χ4v) is 4.13. The quantitative estimate of drug-likeness (QED) is 0.634. The summed E-state index contributed by atoms with van der Waals surface area (Å²) in [6.45, 7) is 0. The Labute approximate surface area is 139 Å². The Morgan fingerprint density at radius 2 is 1.65 bits per heavy atom. The summed E-state index contributed by atoms with van der Waals surface area (Å²) in [6.07, 6.45) is 0. The lowest BCUT2D eigenvalue weighted by atomic mass is 10.1. The molecular weight excluding hydrogens is 408 g/mol. The van der Waals surface area contributed by atoms with Gasteiger partial charge in [-0.05, 0) is 39.5 Å². The van der Waals surface area contributed by atoms with Crippen LogP contribution in [0.1, 0.15) is 15.3 Å². The number of hydrogen-bond donors (Lipinski definition) is 0. The molecule has 0 aliphatic heterocycles. The molecule has 108 valence electrons. The van der Waals surface area contributed by atoms with Gasteiger partial charge in [0.25, 0.3) is 0 Å². The SMILES string of the molecule is COc1cc(C(Br)c2sccc2OC)c(OC)cc1Br. The monoisotopic (exact) mass is 420 g/mol. The van der Waals surface area contributed by atoms with Gasteiger partial charge in [0.15, 0.2) is 0 Å². The first-order valence-corrected chi connectivity index (χ1v) is 8.38. The van der Waals surface area contributed by atoms with Crippen LogP contribution in [0, 0.1) is 0 Å². The largest absolute Gasteiger partial charge is 0.496 e. The Hall–Kier alpha value is -0.720. The number of methoxy groups -OCH3 is 3. The molecule has 0 N–H and O–H groups in total. The first-order valence-electron chi connectivity index (χ1n) is 5.79. The zero-order chi connectivity index (χ0) is 14.7. The molecule has 0 aliphatic rings. The van der Waals surface area contributed by atoms with Crippen molar-refractivity contribution in [1.82, 2.24) is 0 Å². The molecule has 0 saturated heterocycles. The standard InChI is InChI=1S/C14H14Br2O3S/c1-17-10-4-5-20-14(10)13(16)8-6-12(19-3)9(15)7-11(8)18-2/h4-7,13H,1-3H3. The second-order valence-corrected chi connectivity index (χ2v) is 6.66. The third kappa shape index (κ3) is 2.97. The van der Waals surface area contributed by atoms with Crippen LogP contribution in [-0.2, 0) is 0 Å². The van der Waals surface area contributed by atoms with E-state index in [0.717, 1.165) is 32.2 Å². The van der Waals surface area contributed by atoms with Crippen LogP contribution in [0.2, 0.25) is 0 Å². The minimum absolute atomic E-state index is 0.0191. The summed E-state index contributed by atoms with van der Waals surface area (Å²) in [5.74, 6) is 2.41. The molecule has 20 heavy (non-hydrogen) atoms. The van der Waals surface area contributed by atoms with E-state index in [2.05, 4.69) is 31.9 Å². The second kappa shape index (κ2) is 6.83. The highest BCUT2D eigenvalue weighted by molar-refractivity contribution is 9.10. The molecule has 1 atom stereocenters. The van der Waals surface area contributed by atoms with Crippen molar-refractivity contribution in [1.29, 1.82) is 0 Å². The number of thiophene rings is 1. The van der Waals surface area contributed by atoms with Crippen LogP contribution in [0.5, 0.6) is 17.2 Å². The van der Waals surface area contributed by atoms with E-state index in [-0.39, 0.29) is 4.83 Å². The maximum atomic E-state index is 5.47. The van der Waals surface area contributed by atoms with Gasteiger partial charge in [-0.3, -0.25) is 0 Å². The van der Waals surface area contributed by atoms with E-state index < -0.39 is 0 Å². The highest BCUT2D eigenvalue weighted by Gasteiger charge is 2.22. The Morgan fingerprint density at radius 3 is 2.25 bits per heavy atom. The van der Waals surface area contributed by atoms with Crippen LogP contribution < -0.4 is 14.2 Å². The summed E-state index contributed by atoms with van der Waals surface area (Å²) in [5.41, 5.74) is 0.994. The van der Waals surface area contributed by atoms with Gasteiger partial charge in [-0.1, -0.05) is 15.9 Å². The molecule has 1 aromatic heterocycles. The van der Waals surface area contributed by atoms with Crippen LogP contribution in [0.4, 0.5) is 0 Å². The number of alkyl halides is 1. The molecule has 6 heteroatoms. The number of rotatable bonds is 5. The summed E-state index contributed by atoms with van der Waals surface area (Å²) in [6, 6.07) is 5.82. The van der Waals surface area contributed by atoms with Gasteiger partial charge in [0.1, 0.15) is 17.2 Å². The molecule has 0 aliphatic carbocycles. The van der Waals surface area contributed by atoms with Gasteiger partial charge < -0.3 is 14.2 Å². The molecule has 2 rings (SSSR count). The van der Waals surface area contributed by atoms with E-state index >= 15 is 0 Å². The minimum atomic E-state index is -0.0191. The lowest BCUT2D eigenvalue weighted by Gasteiger charge is -2.16. The van der Waals surface area contributed by atoms with Gasteiger partial charge in [0.2, 0.25) is 0 Å². The van der Waals surface area contributed by atoms with Gasteiger partial charge in [0, 0.05) is 5.56 Å². The van der Waals surface area contributed by atoms with Gasteiger partial charge in [-0.2, -0.15) is 0 Å². The number of hydrogen-bond acceptors (Lipinski definition) is 4. The summed E-state index contributed by atoms with van der Waals surface area (Å²) in [4.78, 5) is 1.07. The summed E-state index contributed by atoms with van der Waals surface area (Å²) < 4.78 is 17.1. The molecule has 0 spiro atoms. The average molecular weight is 422 g/mol. The zero-order valence-corrected chi connectivity index (χ0v) is 15.3. The van der Waals surface area contributed by atoms with Crippen molar-refractivity contribution in [3.63, 3.8) is 0 Å². The van der Waals surface area contributed by atoms with Crippen molar-refractivity contribution < 1.29 is 14.2 Å². The maximum absolute atomic E-state index is 5.47. The van der Waals surface area contributed by atoms with E-state index in [4.69, 9.17) is 14.2 Å². The second-order valence-electron chi connectivity index (χ2n) is 3.94. The number of halogens is 2. The molecular formula is C14H14Br2O3S. The smallest absolute Gasteiger partial charge is 0.134 e. The molecule has 1 aromatic carbocycles. The molecule has 0 amide bonds. The van der Waals surface area contributed by atoms with Crippen molar-refractivity contribution in [2.45, 2.75) is 4.83 Å². The normalized spacial score (nSPS) is 12.1. The van der Waals surface area contributed by atoms with Gasteiger partial charge in [-0.25, -0.2) is 0 Å². The first-order chi connectivity index (χ1) is 9.62. The highest BCUT2D eigenvalue weighted by Crippen LogP contribution is 2.46. The van der Waals surface area contributed by atoms with Gasteiger partial charge in [0.05, 0.1) is 35.5 Å². The van der Waals surface area contributed by atoms with Crippen LogP contribution in [0.25, 0.3) is 0 Å². The molecule has 1 unspecified atom stereocenters. The number of ether oxygens (including phenoxy) is 3. The van der Waals surface area contributed by atoms with Crippen LogP contribution in [0.3, 0.4) is 0 Å². The first kappa shape index (κ1) is 15.7. The van der Waals surface area contributed by atoms with E-state index in [0.29, 0.717) is 0 Å². The Bertz CT molecular complexity index is 598. The predicted octanol–water partition coefficient (Wildman–Crippen LogP) is 5.02. The molecule has 2 aromatic rings. The van der Waals surface area contributed by atoms with E-state index in [9.17, 15) is 0 Å². The third-order valence-electron chi connectivity index (χ3n) is 2.88. The maximum Gasteiger partial charge on any atom is 0.134 e. The summed E-state index contributed by atoms with van der Waals surface area (Å²) in [7, 11) is 4.97. The lowest BCUT2D eigenvalue weighted by Crippen LogP contribution is -1.99. The fourth-order valence-electron chi connectivity index (χ4n) is 1.89.